The maximum Gasteiger partial charge on any atom is 0.573 e. The summed E-state index contributed by atoms with van der Waals surface area (Å²) in [6, 6.07) is 13.7. The number of hydrogen-bond donors (Lipinski definition) is 0. The van der Waals surface area contributed by atoms with E-state index in [2.05, 4.69) is 9.64 Å². The molecule has 2 fully saturated rings. The molecule has 0 spiro atoms. The molecule has 4 nitrogen and oxygen atoms in total. The first-order valence-corrected chi connectivity index (χ1v) is 10.1. The van der Waals surface area contributed by atoms with Gasteiger partial charge in [0.2, 0.25) is 5.91 Å². The lowest BCUT2D eigenvalue weighted by atomic mass is 10.1. The number of para-hydroxylation sites is 1. The van der Waals surface area contributed by atoms with Crippen molar-refractivity contribution in [1.29, 1.82) is 0 Å². The summed E-state index contributed by atoms with van der Waals surface area (Å²) in [6.45, 7) is 1.27. The molecule has 148 valence electrons. The first-order chi connectivity index (χ1) is 13.4. The van der Waals surface area contributed by atoms with Crippen LogP contribution in [0.5, 0.6) is 5.75 Å². The van der Waals surface area contributed by atoms with Crippen LogP contribution in [-0.2, 0) is 11.3 Å². The van der Waals surface area contributed by atoms with Crippen molar-refractivity contribution >= 4 is 23.4 Å². The molecule has 4 rings (SSSR count). The van der Waals surface area contributed by atoms with E-state index in [9.17, 15) is 18.0 Å². The Morgan fingerprint density at radius 1 is 1.14 bits per heavy atom. The first-order valence-electron chi connectivity index (χ1n) is 8.90. The van der Waals surface area contributed by atoms with Crippen molar-refractivity contribution in [1.82, 2.24) is 4.90 Å². The van der Waals surface area contributed by atoms with Crippen molar-refractivity contribution in [2.45, 2.75) is 36.3 Å². The number of hydrogen-bond acceptors (Lipinski definition) is 4. The van der Waals surface area contributed by atoms with Gasteiger partial charge in [-0.1, -0.05) is 24.3 Å². The van der Waals surface area contributed by atoms with Gasteiger partial charge in [-0.05, 0) is 42.5 Å². The molecule has 8 heteroatoms. The van der Waals surface area contributed by atoms with Crippen LogP contribution in [-0.4, -0.2) is 42.1 Å². The molecular weight excluding hydrogens is 389 g/mol. The maximum atomic E-state index is 13.0. The molecule has 0 aromatic heterocycles. The summed E-state index contributed by atoms with van der Waals surface area (Å²) < 4.78 is 40.7. The predicted octanol–water partition coefficient (Wildman–Crippen LogP) is 4.30. The number of benzene rings is 2. The highest BCUT2D eigenvalue weighted by Crippen LogP contribution is 2.40. The molecule has 0 radical (unpaired) electrons. The zero-order chi connectivity index (χ0) is 19.9. The van der Waals surface area contributed by atoms with Crippen molar-refractivity contribution in [2.24, 2.45) is 0 Å². The van der Waals surface area contributed by atoms with Gasteiger partial charge >= 0.3 is 6.36 Å². The highest BCUT2D eigenvalue weighted by molar-refractivity contribution is 7.98. The van der Waals surface area contributed by atoms with Crippen LogP contribution in [0.1, 0.15) is 12.0 Å². The molecule has 2 atom stereocenters. The molecule has 2 aliphatic heterocycles. The highest BCUT2D eigenvalue weighted by Gasteiger charge is 2.50. The fourth-order valence-electron chi connectivity index (χ4n) is 4.01. The monoisotopic (exact) mass is 408 g/mol. The van der Waals surface area contributed by atoms with Gasteiger partial charge in [0.1, 0.15) is 5.75 Å². The highest BCUT2D eigenvalue weighted by atomic mass is 32.2. The number of ether oxygens (including phenoxy) is 1. The SMILES string of the molecule is CSc1ccccc1N1C(=O)[C@@H]2C[C@H]1CN2Cc1ccc(OC(F)(F)F)cc1. The van der Waals surface area contributed by atoms with Gasteiger partial charge < -0.3 is 9.64 Å². The van der Waals surface area contributed by atoms with E-state index in [1.807, 2.05) is 35.4 Å². The minimum atomic E-state index is -4.70. The lowest BCUT2D eigenvalue weighted by molar-refractivity contribution is -0.274. The van der Waals surface area contributed by atoms with Crippen LogP contribution in [0.3, 0.4) is 0 Å². The topological polar surface area (TPSA) is 32.8 Å². The fourth-order valence-corrected chi connectivity index (χ4v) is 4.60. The number of carbonyl (C=O) groups excluding carboxylic acids is 1. The Kier molecular flexibility index (Phi) is 5.01. The number of halogens is 3. The molecule has 2 saturated heterocycles. The van der Waals surface area contributed by atoms with Crippen molar-refractivity contribution in [3.8, 4) is 5.75 Å². The van der Waals surface area contributed by atoms with Gasteiger partial charge in [-0.2, -0.15) is 0 Å². The number of carbonyl (C=O) groups is 1. The average molecular weight is 408 g/mol. The number of nitrogens with zero attached hydrogens (tertiary/aromatic N) is 2. The van der Waals surface area contributed by atoms with Crippen LogP contribution in [0.15, 0.2) is 53.4 Å². The molecule has 1 amide bonds. The third kappa shape index (κ3) is 3.71. The number of rotatable bonds is 5. The second kappa shape index (κ2) is 7.33. The van der Waals surface area contributed by atoms with Crippen molar-refractivity contribution in [3.63, 3.8) is 0 Å². The Morgan fingerprint density at radius 2 is 1.86 bits per heavy atom. The standard InChI is InChI=1S/C20H19F3N2O2S/c1-28-18-5-3-2-4-16(18)25-14-10-17(19(25)26)24(12-14)11-13-6-8-15(9-7-13)27-20(21,22)23/h2-9,14,17H,10-12H2,1H3/t14-,17-/m0/s1. The van der Waals surface area contributed by atoms with Crippen LogP contribution in [0.2, 0.25) is 0 Å². The summed E-state index contributed by atoms with van der Waals surface area (Å²) >= 11 is 1.62. The van der Waals surface area contributed by atoms with E-state index in [1.54, 1.807) is 23.9 Å². The molecule has 2 aliphatic rings. The van der Waals surface area contributed by atoms with E-state index in [4.69, 9.17) is 0 Å². The Balaban J connectivity index is 1.44. The third-order valence-electron chi connectivity index (χ3n) is 5.16. The molecule has 2 aromatic carbocycles. The van der Waals surface area contributed by atoms with E-state index in [0.717, 1.165) is 29.1 Å². The second-order valence-corrected chi connectivity index (χ2v) is 7.75. The molecule has 0 aliphatic carbocycles. The number of likely N-dealkylation sites (tertiary alicyclic amines) is 1. The average Bonchev–Trinajstić information content (AvgIpc) is 3.19. The number of alkyl halides is 3. The van der Waals surface area contributed by atoms with Crippen molar-refractivity contribution in [2.75, 3.05) is 17.7 Å². The molecule has 2 heterocycles. The van der Waals surface area contributed by atoms with E-state index in [1.165, 1.54) is 12.1 Å². The lowest BCUT2D eigenvalue weighted by Gasteiger charge is -2.34. The molecule has 0 N–H and O–H groups in total. The van der Waals surface area contributed by atoms with E-state index in [0.29, 0.717) is 6.54 Å². The van der Waals surface area contributed by atoms with Gasteiger partial charge in [-0.3, -0.25) is 9.69 Å². The van der Waals surface area contributed by atoms with Gasteiger partial charge in [0, 0.05) is 18.0 Å². The summed E-state index contributed by atoms with van der Waals surface area (Å²) in [5.74, 6) is -0.148. The lowest BCUT2D eigenvalue weighted by Crippen LogP contribution is -2.50. The van der Waals surface area contributed by atoms with Gasteiger partial charge in [0.25, 0.3) is 0 Å². The Labute approximate surface area is 165 Å². The van der Waals surface area contributed by atoms with Crippen LogP contribution in [0, 0.1) is 0 Å². The zero-order valence-electron chi connectivity index (χ0n) is 15.1. The minimum absolute atomic E-state index is 0.0924. The van der Waals surface area contributed by atoms with Crippen LogP contribution in [0.25, 0.3) is 0 Å². The number of fused-ring (bicyclic) bond motifs is 2. The number of piperazine rings is 1. The maximum absolute atomic E-state index is 13.0. The Hall–Kier alpha value is -2.19. The third-order valence-corrected chi connectivity index (χ3v) is 5.94. The Morgan fingerprint density at radius 3 is 2.50 bits per heavy atom. The molecule has 0 saturated carbocycles. The largest absolute Gasteiger partial charge is 0.573 e. The van der Waals surface area contributed by atoms with E-state index < -0.39 is 6.36 Å². The Bertz CT molecular complexity index is 872. The molecule has 28 heavy (non-hydrogen) atoms. The normalized spacial score (nSPS) is 22.1. The summed E-state index contributed by atoms with van der Waals surface area (Å²) in [4.78, 5) is 18.1. The smallest absolute Gasteiger partial charge is 0.406 e. The van der Waals surface area contributed by atoms with E-state index >= 15 is 0 Å². The van der Waals surface area contributed by atoms with Crippen molar-refractivity contribution in [3.05, 3.63) is 54.1 Å². The molecule has 0 unspecified atom stereocenters. The molecule has 2 bridgehead atoms. The summed E-state index contributed by atoms with van der Waals surface area (Å²) in [7, 11) is 0. The fraction of sp³-hybridized carbons (Fsp3) is 0.350. The van der Waals surface area contributed by atoms with Gasteiger partial charge in [0.05, 0.1) is 17.8 Å². The van der Waals surface area contributed by atoms with Crippen LogP contribution >= 0.6 is 11.8 Å². The van der Waals surface area contributed by atoms with Gasteiger partial charge in [-0.15, -0.1) is 24.9 Å². The van der Waals surface area contributed by atoms with Crippen molar-refractivity contribution < 1.29 is 22.7 Å². The van der Waals surface area contributed by atoms with Gasteiger partial charge in [0.15, 0.2) is 0 Å². The predicted molar refractivity (Wildman–Crippen MR) is 101 cm³/mol. The van der Waals surface area contributed by atoms with Crippen LogP contribution < -0.4 is 9.64 Å². The molecular formula is C20H19F3N2O2S. The van der Waals surface area contributed by atoms with Gasteiger partial charge in [-0.25, -0.2) is 0 Å². The number of anilines is 1. The minimum Gasteiger partial charge on any atom is -0.406 e. The van der Waals surface area contributed by atoms with Crippen LogP contribution in [0.4, 0.5) is 18.9 Å². The van der Waals surface area contributed by atoms with E-state index in [-0.39, 0.29) is 23.7 Å². The number of amides is 1. The summed E-state index contributed by atoms with van der Waals surface area (Å²) in [5, 5.41) is 0. The quantitative estimate of drug-likeness (QED) is 0.691. The first kappa shape index (κ1) is 19.1. The summed E-state index contributed by atoms with van der Waals surface area (Å²) in [6.07, 6.45) is -1.93. The second-order valence-electron chi connectivity index (χ2n) is 6.91. The zero-order valence-corrected chi connectivity index (χ0v) is 16.0. The summed E-state index contributed by atoms with van der Waals surface area (Å²) in [5.41, 5.74) is 1.81. The number of thioether (sulfide) groups is 1. The molecule has 2 aromatic rings.